The molecule has 27 heavy (non-hydrogen) atoms. The Morgan fingerprint density at radius 3 is 2.63 bits per heavy atom. The maximum atomic E-state index is 13.5. The lowest BCUT2D eigenvalue weighted by Crippen LogP contribution is -2.30. The molecular weight excluding hydrogens is 343 g/mol. The molecule has 0 radical (unpaired) electrons. The molecule has 2 aromatic heterocycles. The van der Waals surface area contributed by atoms with Gasteiger partial charge in [-0.05, 0) is 54.7 Å². The molecule has 0 bridgehead atoms. The molecule has 0 saturated carbocycles. The van der Waals surface area contributed by atoms with E-state index >= 15 is 0 Å². The first-order valence-electron chi connectivity index (χ1n) is 9.04. The van der Waals surface area contributed by atoms with E-state index in [-0.39, 0.29) is 17.8 Å². The van der Waals surface area contributed by atoms with Crippen molar-refractivity contribution < 1.29 is 9.18 Å². The molecule has 1 amide bonds. The summed E-state index contributed by atoms with van der Waals surface area (Å²) in [7, 11) is 0. The number of halogens is 1. The number of pyridine rings is 1. The summed E-state index contributed by atoms with van der Waals surface area (Å²) >= 11 is 0. The Bertz CT molecular complexity index is 994. The van der Waals surface area contributed by atoms with Gasteiger partial charge in [0, 0.05) is 11.8 Å². The van der Waals surface area contributed by atoms with Crippen molar-refractivity contribution in [1.29, 1.82) is 0 Å². The molecule has 4 rings (SSSR count). The number of aryl methyl sites for hydroxylation is 1. The Kier molecular flexibility index (Phi) is 4.26. The van der Waals surface area contributed by atoms with Crippen molar-refractivity contribution in [3.05, 3.63) is 76.5 Å². The quantitative estimate of drug-likeness (QED) is 0.755. The Hall–Kier alpha value is -3.02. The number of carbonyl (C=O) groups is 1. The third-order valence-electron chi connectivity index (χ3n) is 4.78. The van der Waals surface area contributed by atoms with Gasteiger partial charge in [-0.2, -0.15) is 5.10 Å². The molecule has 1 N–H and O–H groups in total. The van der Waals surface area contributed by atoms with Gasteiger partial charge in [-0.3, -0.25) is 14.8 Å². The molecule has 1 unspecified atom stereocenters. The molecule has 1 atom stereocenters. The third-order valence-corrected chi connectivity index (χ3v) is 4.78. The molecular formula is C21H21FN4O. The van der Waals surface area contributed by atoms with E-state index in [1.165, 1.54) is 12.1 Å². The smallest absolute Gasteiger partial charge is 0.278 e. The van der Waals surface area contributed by atoms with Crippen molar-refractivity contribution in [2.24, 2.45) is 5.92 Å². The van der Waals surface area contributed by atoms with Gasteiger partial charge in [-0.1, -0.05) is 26.0 Å². The van der Waals surface area contributed by atoms with Gasteiger partial charge in [0.1, 0.15) is 17.3 Å². The van der Waals surface area contributed by atoms with Crippen molar-refractivity contribution in [2.45, 2.75) is 33.2 Å². The molecule has 1 aromatic carbocycles. The predicted octanol–water partition coefficient (Wildman–Crippen LogP) is 4.20. The highest BCUT2D eigenvalue weighted by Crippen LogP contribution is 2.42. The number of nitrogens with zero attached hydrogens (tertiary/aromatic N) is 3. The van der Waals surface area contributed by atoms with Crippen molar-refractivity contribution in [1.82, 2.24) is 15.2 Å². The number of benzene rings is 1. The first-order valence-corrected chi connectivity index (χ1v) is 9.04. The van der Waals surface area contributed by atoms with Crippen LogP contribution in [-0.2, 0) is 6.42 Å². The van der Waals surface area contributed by atoms with Crippen LogP contribution in [0.4, 0.5) is 10.2 Å². The number of amides is 1. The fourth-order valence-electron chi connectivity index (χ4n) is 3.60. The summed E-state index contributed by atoms with van der Waals surface area (Å²) in [6, 6.07) is 9.67. The maximum Gasteiger partial charge on any atom is 0.278 e. The average molecular weight is 364 g/mol. The number of hydrogen-bond donors (Lipinski definition) is 1. The van der Waals surface area contributed by atoms with E-state index in [1.807, 2.05) is 19.1 Å². The molecule has 1 aliphatic heterocycles. The monoisotopic (exact) mass is 364 g/mol. The van der Waals surface area contributed by atoms with Crippen LogP contribution in [0.5, 0.6) is 0 Å². The third kappa shape index (κ3) is 3.01. The molecule has 3 aromatic rings. The summed E-state index contributed by atoms with van der Waals surface area (Å²) in [5, 5.41) is 7.32. The molecule has 5 nitrogen and oxygen atoms in total. The highest BCUT2D eigenvalue weighted by Gasteiger charge is 2.43. The number of nitrogens with one attached hydrogen (secondary N) is 1. The highest BCUT2D eigenvalue weighted by molar-refractivity contribution is 6.10. The second kappa shape index (κ2) is 6.61. The lowest BCUT2D eigenvalue weighted by Gasteiger charge is -2.26. The Labute approximate surface area is 157 Å². The summed E-state index contributed by atoms with van der Waals surface area (Å²) in [6.07, 6.45) is 2.45. The summed E-state index contributed by atoms with van der Waals surface area (Å²) < 4.78 is 13.5. The van der Waals surface area contributed by atoms with Gasteiger partial charge >= 0.3 is 0 Å². The van der Waals surface area contributed by atoms with Crippen molar-refractivity contribution in [2.75, 3.05) is 4.90 Å². The molecule has 0 aliphatic carbocycles. The number of anilines is 1. The van der Waals surface area contributed by atoms with Crippen molar-refractivity contribution in [3.63, 3.8) is 0 Å². The van der Waals surface area contributed by atoms with Gasteiger partial charge in [0.25, 0.3) is 5.91 Å². The number of carbonyl (C=O) groups excluding carboxylic acids is 1. The lowest BCUT2D eigenvalue weighted by atomic mass is 9.95. The molecule has 0 spiro atoms. The normalized spacial score (nSPS) is 16.3. The molecule has 0 saturated heterocycles. The zero-order chi connectivity index (χ0) is 19.1. The van der Waals surface area contributed by atoms with Crippen molar-refractivity contribution >= 4 is 11.7 Å². The number of fused-ring (bicyclic) bond motifs is 1. The number of rotatable bonds is 4. The van der Waals surface area contributed by atoms with Crippen LogP contribution in [0.1, 0.15) is 52.8 Å². The molecule has 138 valence electrons. The van der Waals surface area contributed by atoms with Crippen LogP contribution < -0.4 is 4.90 Å². The number of aromatic nitrogens is 3. The van der Waals surface area contributed by atoms with Gasteiger partial charge in [0.05, 0.1) is 11.7 Å². The fourth-order valence-corrected chi connectivity index (χ4v) is 3.60. The van der Waals surface area contributed by atoms with Gasteiger partial charge in [0.2, 0.25) is 0 Å². The minimum Gasteiger partial charge on any atom is -0.279 e. The largest absolute Gasteiger partial charge is 0.279 e. The Morgan fingerprint density at radius 1 is 1.22 bits per heavy atom. The van der Waals surface area contributed by atoms with Crippen LogP contribution in [0.15, 0.2) is 42.6 Å². The standard InChI is InChI=1S/C21H21FN4O/c1-12(2)10-16-18-19(25-24-16)21(27)26(17-11-13(3)8-9-23-17)20(18)14-4-6-15(22)7-5-14/h4-9,11-12,20H,10H2,1-3H3,(H,24,25). The highest BCUT2D eigenvalue weighted by atomic mass is 19.1. The topological polar surface area (TPSA) is 61.9 Å². The summed E-state index contributed by atoms with van der Waals surface area (Å²) in [6.45, 7) is 6.19. The van der Waals surface area contributed by atoms with Crippen molar-refractivity contribution in [3.8, 4) is 0 Å². The zero-order valence-electron chi connectivity index (χ0n) is 15.5. The van der Waals surface area contributed by atoms with Gasteiger partial charge in [-0.15, -0.1) is 0 Å². The molecule has 0 fully saturated rings. The van der Waals surface area contributed by atoms with E-state index in [2.05, 4.69) is 29.0 Å². The lowest BCUT2D eigenvalue weighted by molar-refractivity contribution is 0.0988. The molecule has 3 heterocycles. The predicted molar refractivity (Wildman–Crippen MR) is 101 cm³/mol. The minimum absolute atomic E-state index is 0.167. The second-order valence-electron chi connectivity index (χ2n) is 7.38. The number of hydrogen-bond acceptors (Lipinski definition) is 3. The van der Waals surface area contributed by atoms with E-state index in [4.69, 9.17) is 0 Å². The fraction of sp³-hybridized carbons (Fsp3) is 0.286. The summed E-state index contributed by atoms with van der Waals surface area (Å²) in [5.41, 5.74) is 4.07. The number of aromatic amines is 1. The minimum atomic E-state index is -0.380. The summed E-state index contributed by atoms with van der Waals surface area (Å²) in [4.78, 5) is 19.3. The van der Waals surface area contributed by atoms with Gasteiger partial charge in [0.15, 0.2) is 0 Å². The maximum absolute atomic E-state index is 13.5. The van der Waals surface area contributed by atoms with E-state index < -0.39 is 0 Å². The Balaban J connectivity index is 1.89. The van der Waals surface area contributed by atoms with E-state index in [0.717, 1.165) is 28.8 Å². The van der Waals surface area contributed by atoms with E-state index in [0.29, 0.717) is 17.4 Å². The first-order chi connectivity index (χ1) is 13.0. The number of H-pyrrole nitrogens is 1. The van der Waals surface area contributed by atoms with E-state index in [1.54, 1.807) is 23.2 Å². The first kappa shape index (κ1) is 17.4. The van der Waals surface area contributed by atoms with Gasteiger partial charge in [-0.25, -0.2) is 9.37 Å². The van der Waals surface area contributed by atoms with Crippen LogP contribution in [0.2, 0.25) is 0 Å². The molecule has 6 heteroatoms. The van der Waals surface area contributed by atoms with Gasteiger partial charge < -0.3 is 0 Å². The van der Waals surface area contributed by atoms with Crippen LogP contribution in [0, 0.1) is 18.7 Å². The molecule has 1 aliphatic rings. The van der Waals surface area contributed by atoms with Crippen LogP contribution in [-0.4, -0.2) is 21.1 Å². The SMILES string of the molecule is Cc1ccnc(N2C(=O)c3[nH]nc(CC(C)C)c3C2c2ccc(F)cc2)c1. The summed E-state index contributed by atoms with van der Waals surface area (Å²) in [5.74, 6) is 0.500. The van der Waals surface area contributed by atoms with Crippen LogP contribution in [0.3, 0.4) is 0 Å². The zero-order valence-corrected chi connectivity index (χ0v) is 15.5. The van der Waals surface area contributed by atoms with E-state index in [9.17, 15) is 9.18 Å². The van der Waals surface area contributed by atoms with Crippen LogP contribution >= 0.6 is 0 Å². The Morgan fingerprint density at radius 2 is 1.96 bits per heavy atom. The second-order valence-corrected chi connectivity index (χ2v) is 7.38. The average Bonchev–Trinajstić information content (AvgIpc) is 3.15. The van der Waals surface area contributed by atoms with Crippen LogP contribution in [0.25, 0.3) is 0 Å².